The number of rotatable bonds is 3. The van der Waals surface area contributed by atoms with E-state index >= 15 is 0 Å². The van der Waals surface area contributed by atoms with E-state index in [1.807, 2.05) is 12.1 Å². The molecular formula is C12H9ClN2OS. The summed E-state index contributed by atoms with van der Waals surface area (Å²) < 4.78 is 0. The number of Topliss-reactive ketones (excluding diaryl/α,β-unsaturated/α-hetero) is 1. The van der Waals surface area contributed by atoms with E-state index < -0.39 is 0 Å². The number of nitrogens with zero attached hydrogens (tertiary/aromatic N) is 2. The highest BCUT2D eigenvalue weighted by atomic mass is 35.5. The molecule has 2 aromatic heterocycles. The Labute approximate surface area is 108 Å². The van der Waals surface area contributed by atoms with Crippen molar-refractivity contribution in [2.75, 3.05) is 0 Å². The molecule has 0 aliphatic heterocycles. The molecule has 0 saturated heterocycles. The van der Waals surface area contributed by atoms with Gasteiger partial charge in [-0.3, -0.25) is 9.78 Å². The van der Waals surface area contributed by atoms with Gasteiger partial charge in [0.25, 0.3) is 0 Å². The van der Waals surface area contributed by atoms with Crippen molar-refractivity contribution in [3.05, 3.63) is 47.4 Å². The van der Waals surface area contributed by atoms with Gasteiger partial charge in [0.1, 0.15) is 10.7 Å². The predicted octanol–water partition coefficient (Wildman–Crippen LogP) is 3.48. The van der Waals surface area contributed by atoms with Crippen molar-refractivity contribution in [2.24, 2.45) is 0 Å². The van der Waals surface area contributed by atoms with Crippen LogP contribution in [-0.2, 0) is 0 Å². The molecule has 0 amide bonds. The fraction of sp³-hybridized carbons (Fsp3) is 0.0833. The Hall–Kier alpha value is -1.39. The Morgan fingerprint density at radius 2 is 2.00 bits per heavy atom. The first-order valence-electron chi connectivity index (χ1n) is 4.91. The Morgan fingerprint density at radius 1 is 1.18 bits per heavy atom. The van der Waals surface area contributed by atoms with Gasteiger partial charge in [0.05, 0.1) is 5.02 Å². The molecule has 0 unspecified atom stereocenters. The average Bonchev–Trinajstić information content (AvgIpc) is 2.33. The van der Waals surface area contributed by atoms with Gasteiger partial charge in [-0.15, -0.1) is 0 Å². The number of ketones is 1. The van der Waals surface area contributed by atoms with Gasteiger partial charge in [0.2, 0.25) is 0 Å². The lowest BCUT2D eigenvalue weighted by Crippen LogP contribution is -1.95. The van der Waals surface area contributed by atoms with E-state index in [1.54, 1.807) is 24.5 Å². The molecule has 0 N–H and O–H groups in total. The number of pyridine rings is 2. The van der Waals surface area contributed by atoms with Crippen molar-refractivity contribution in [2.45, 2.75) is 16.8 Å². The van der Waals surface area contributed by atoms with Crippen LogP contribution in [0.5, 0.6) is 0 Å². The Kier molecular flexibility index (Phi) is 3.76. The molecule has 0 atom stereocenters. The number of aromatic nitrogens is 2. The number of hydrogen-bond acceptors (Lipinski definition) is 4. The lowest BCUT2D eigenvalue weighted by molar-refractivity contribution is 0.101. The monoisotopic (exact) mass is 264 g/mol. The molecule has 2 heterocycles. The van der Waals surface area contributed by atoms with Gasteiger partial charge >= 0.3 is 0 Å². The highest BCUT2D eigenvalue weighted by molar-refractivity contribution is 7.99. The molecule has 0 spiro atoms. The van der Waals surface area contributed by atoms with Gasteiger partial charge < -0.3 is 0 Å². The number of hydrogen-bond donors (Lipinski definition) is 0. The van der Waals surface area contributed by atoms with Crippen LogP contribution in [0.4, 0.5) is 0 Å². The summed E-state index contributed by atoms with van der Waals surface area (Å²) in [5.74, 6) is -0.0360. The molecule has 0 aliphatic carbocycles. The summed E-state index contributed by atoms with van der Waals surface area (Å²) in [6.07, 6.45) is 3.26. The Bertz CT molecular complexity index is 525. The van der Waals surface area contributed by atoms with E-state index in [4.69, 9.17) is 11.6 Å². The molecule has 0 saturated carbocycles. The third kappa shape index (κ3) is 3.28. The van der Waals surface area contributed by atoms with Gasteiger partial charge in [-0.25, -0.2) is 4.98 Å². The van der Waals surface area contributed by atoms with Gasteiger partial charge in [-0.05, 0) is 24.3 Å². The van der Waals surface area contributed by atoms with Crippen molar-refractivity contribution in [3.63, 3.8) is 0 Å². The lowest BCUT2D eigenvalue weighted by atomic mass is 10.3. The third-order valence-corrected chi connectivity index (χ3v) is 3.17. The van der Waals surface area contributed by atoms with E-state index in [1.165, 1.54) is 18.7 Å². The van der Waals surface area contributed by atoms with Gasteiger partial charge in [-0.2, -0.15) is 0 Å². The second kappa shape index (κ2) is 5.29. The average molecular weight is 265 g/mol. The minimum Gasteiger partial charge on any atom is -0.293 e. The van der Waals surface area contributed by atoms with E-state index in [9.17, 15) is 4.79 Å². The number of halogens is 1. The van der Waals surface area contributed by atoms with E-state index in [2.05, 4.69) is 9.97 Å². The van der Waals surface area contributed by atoms with Crippen LogP contribution >= 0.6 is 23.4 Å². The summed E-state index contributed by atoms with van der Waals surface area (Å²) in [7, 11) is 0. The fourth-order valence-electron chi connectivity index (χ4n) is 1.19. The molecule has 0 fully saturated rings. The first kappa shape index (κ1) is 12.1. The van der Waals surface area contributed by atoms with Crippen LogP contribution in [0.25, 0.3) is 0 Å². The SMILES string of the molecule is CC(=O)c1ccc(Sc2ccc(Cl)cn2)cn1. The van der Waals surface area contributed by atoms with Crippen LogP contribution in [-0.4, -0.2) is 15.8 Å². The predicted molar refractivity (Wildman–Crippen MR) is 67.6 cm³/mol. The van der Waals surface area contributed by atoms with Crippen LogP contribution in [0.2, 0.25) is 5.02 Å². The zero-order valence-electron chi connectivity index (χ0n) is 9.05. The zero-order valence-corrected chi connectivity index (χ0v) is 10.6. The molecule has 0 aromatic carbocycles. The van der Waals surface area contributed by atoms with Crippen molar-refractivity contribution in [1.82, 2.24) is 9.97 Å². The lowest BCUT2D eigenvalue weighted by Gasteiger charge is -2.01. The minimum absolute atomic E-state index is 0.0360. The highest BCUT2D eigenvalue weighted by Crippen LogP contribution is 2.25. The van der Waals surface area contributed by atoms with Crippen molar-refractivity contribution >= 4 is 29.1 Å². The standard InChI is InChI=1S/C12H9ClN2OS/c1-8(16)11-4-3-10(7-14-11)17-12-5-2-9(13)6-15-12/h2-7H,1H3. The highest BCUT2D eigenvalue weighted by Gasteiger charge is 2.02. The van der Waals surface area contributed by atoms with Crippen LogP contribution in [0.1, 0.15) is 17.4 Å². The maximum atomic E-state index is 11.1. The molecule has 0 radical (unpaired) electrons. The van der Waals surface area contributed by atoms with Crippen LogP contribution in [0.3, 0.4) is 0 Å². The summed E-state index contributed by atoms with van der Waals surface area (Å²) in [4.78, 5) is 20.2. The van der Waals surface area contributed by atoms with E-state index in [0.29, 0.717) is 10.7 Å². The second-order valence-electron chi connectivity index (χ2n) is 3.35. The van der Waals surface area contributed by atoms with Crippen LogP contribution in [0.15, 0.2) is 46.6 Å². The molecule has 2 rings (SSSR count). The molecular weight excluding hydrogens is 256 g/mol. The van der Waals surface area contributed by atoms with Crippen molar-refractivity contribution in [1.29, 1.82) is 0 Å². The normalized spacial score (nSPS) is 10.2. The third-order valence-electron chi connectivity index (χ3n) is 2.02. The van der Waals surface area contributed by atoms with Crippen LogP contribution < -0.4 is 0 Å². The number of carbonyl (C=O) groups is 1. The molecule has 0 bridgehead atoms. The van der Waals surface area contributed by atoms with Crippen molar-refractivity contribution in [3.8, 4) is 0 Å². The van der Waals surface area contributed by atoms with E-state index in [0.717, 1.165) is 9.92 Å². The summed E-state index contributed by atoms with van der Waals surface area (Å²) in [5.41, 5.74) is 0.471. The summed E-state index contributed by atoms with van der Waals surface area (Å²) in [5, 5.41) is 1.45. The smallest absolute Gasteiger partial charge is 0.178 e. The quantitative estimate of drug-likeness (QED) is 0.796. The fourth-order valence-corrected chi connectivity index (χ4v) is 2.03. The Balaban J connectivity index is 2.13. The summed E-state index contributed by atoms with van der Waals surface area (Å²) >= 11 is 7.22. The first-order valence-corrected chi connectivity index (χ1v) is 6.11. The largest absolute Gasteiger partial charge is 0.293 e. The zero-order chi connectivity index (χ0) is 12.3. The topological polar surface area (TPSA) is 42.9 Å². The summed E-state index contributed by atoms with van der Waals surface area (Å²) in [6, 6.07) is 7.19. The van der Waals surface area contributed by atoms with Crippen molar-refractivity contribution < 1.29 is 4.79 Å². The van der Waals surface area contributed by atoms with Gasteiger partial charge in [0, 0.05) is 24.2 Å². The molecule has 2 aromatic rings. The molecule has 0 aliphatic rings. The second-order valence-corrected chi connectivity index (χ2v) is 4.88. The van der Waals surface area contributed by atoms with Crippen LogP contribution in [0, 0.1) is 0 Å². The van der Waals surface area contributed by atoms with Gasteiger partial charge in [-0.1, -0.05) is 23.4 Å². The maximum Gasteiger partial charge on any atom is 0.178 e. The van der Waals surface area contributed by atoms with E-state index in [-0.39, 0.29) is 5.78 Å². The molecule has 3 nitrogen and oxygen atoms in total. The minimum atomic E-state index is -0.0360. The van der Waals surface area contributed by atoms with Gasteiger partial charge in [0.15, 0.2) is 5.78 Å². The molecule has 86 valence electrons. The molecule has 5 heteroatoms. The molecule has 17 heavy (non-hydrogen) atoms. The maximum absolute atomic E-state index is 11.1. The number of carbonyl (C=O) groups excluding carboxylic acids is 1. The first-order chi connectivity index (χ1) is 8.15. The Morgan fingerprint density at radius 3 is 2.53 bits per heavy atom. The summed E-state index contributed by atoms with van der Waals surface area (Å²) in [6.45, 7) is 1.50.